The average molecular weight is 237 g/mol. The Hall–Kier alpha value is -1.69. The number of hydrogen-bond donors (Lipinski definition) is 2. The van der Waals surface area contributed by atoms with E-state index in [1.165, 1.54) is 0 Å². The number of carbonyl (C=O) groups is 2. The summed E-state index contributed by atoms with van der Waals surface area (Å²) in [7, 11) is 0. The van der Waals surface area contributed by atoms with Gasteiger partial charge in [0.25, 0.3) is 0 Å². The number of carbonyl (C=O) groups excluding carboxylic acids is 2. The third-order valence-electron chi connectivity index (χ3n) is 2.95. The van der Waals surface area contributed by atoms with Gasteiger partial charge in [0, 0.05) is 18.5 Å². The highest BCUT2D eigenvalue weighted by Gasteiger charge is 2.26. The van der Waals surface area contributed by atoms with Crippen LogP contribution in [0.5, 0.6) is 0 Å². The maximum Gasteiger partial charge on any atom is 0.243 e. The second-order valence-electron chi connectivity index (χ2n) is 4.19. The summed E-state index contributed by atoms with van der Waals surface area (Å²) in [4.78, 5) is 22.5. The molecule has 1 aliphatic heterocycles. The molecule has 1 aromatic heterocycles. The second kappa shape index (κ2) is 4.67. The fourth-order valence-electron chi connectivity index (χ4n) is 1.87. The number of imide groups is 1. The molecule has 1 aliphatic rings. The molecule has 6 heteroatoms. The lowest BCUT2D eigenvalue weighted by Gasteiger charge is -2.21. The summed E-state index contributed by atoms with van der Waals surface area (Å²) < 4.78 is 5.03. The van der Waals surface area contributed by atoms with Crippen LogP contribution in [0.3, 0.4) is 0 Å². The summed E-state index contributed by atoms with van der Waals surface area (Å²) in [6, 6.07) is -0.318. The SMILES string of the molecule is Cc1noc(C)c1CNC1CCC(=O)NC1=O. The van der Waals surface area contributed by atoms with Gasteiger partial charge in [-0.3, -0.25) is 14.9 Å². The molecule has 1 aromatic rings. The van der Waals surface area contributed by atoms with E-state index in [9.17, 15) is 9.59 Å². The van der Waals surface area contributed by atoms with E-state index in [0.29, 0.717) is 19.4 Å². The Bertz CT molecular complexity index is 433. The molecule has 0 bridgehead atoms. The van der Waals surface area contributed by atoms with Gasteiger partial charge in [-0.1, -0.05) is 5.16 Å². The molecule has 2 N–H and O–H groups in total. The monoisotopic (exact) mass is 237 g/mol. The molecule has 0 aliphatic carbocycles. The molecular weight excluding hydrogens is 222 g/mol. The first-order valence-electron chi connectivity index (χ1n) is 5.56. The molecule has 1 unspecified atom stereocenters. The van der Waals surface area contributed by atoms with E-state index in [4.69, 9.17) is 4.52 Å². The minimum Gasteiger partial charge on any atom is -0.361 e. The van der Waals surface area contributed by atoms with Gasteiger partial charge >= 0.3 is 0 Å². The zero-order valence-electron chi connectivity index (χ0n) is 9.87. The van der Waals surface area contributed by atoms with Crippen LogP contribution in [0.1, 0.15) is 29.9 Å². The Morgan fingerprint density at radius 3 is 2.82 bits per heavy atom. The van der Waals surface area contributed by atoms with Gasteiger partial charge in [-0.15, -0.1) is 0 Å². The van der Waals surface area contributed by atoms with E-state index in [0.717, 1.165) is 17.0 Å². The molecular formula is C11H15N3O3. The molecule has 2 rings (SSSR count). The van der Waals surface area contributed by atoms with Crippen LogP contribution in [0.2, 0.25) is 0 Å². The van der Waals surface area contributed by atoms with Gasteiger partial charge in [-0.25, -0.2) is 0 Å². The van der Waals surface area contributed by atoms with E-state index in [1.54, 1.807) is 0 Å². The van der Waals surface area contributed by atoms with Crippen LogP contribution in [0.15, 0.2) is 4.52 Å². The van der Waals surface area contributed by atoms with Gasteiger partial charge < -0.3 is 9.84 Å². The lowest BCUT2D eigenvalue weighted by atomic mass is 10.1. The number of nitrogens with zero attached hydrogens (tertiary/aromatic N) is 1. The van der Waals surface area contributed by atoms with Crippen LogP contribution in [0, 0.1) is 13.8 Å². The highest BCUT2D eigenvalue weighted by molar-refractivity contribution is 6.00. The summed E-state index contributed by atoms with van der Waals surface area (Å²) in [6.07, 6.45) is 0.916. The van der Waals surface area contributed by atoms with Gasteiger partial charge in [0.2, 0.25) is 11.8 Å². The fourth-order valence-corrected chi connectivity index (χ4v) is 1.87. The molecule has 1 fully saturated rings. The normalized spacial score (nSPS) is 20.5. The minimum absolute atomic E-state index is 0.203. The molecule has 0 spiro atoms. The molecule has 0 aromatic carbocycles. The fraction of sp³-hybridized carbons (Fsp3) is 0.545. The predicted octanol–water partition coefficient (Wildman–Crippen LogP) is 0.186. The van der Waals surface area contributed by atoms with Gasteiger partial charge in [0.1, 0.15) is 5.76 Å². The van der Waals surface area contributed by atoms with Crippen LogP contribution in [-0.2, 0) is 16.1 Å². The lowest BCUT2D eigenvalue weighted by molar-refractivity contribution is -0.134. The first-order chi connectivity index (χ1) is 8.08. The van der Waals surface area contributed by atoms with Gasteiger partial charge in [-0.05, 0) is 20.3 Å². The zero-order valence-corrected chi connectivity index (χ0v) is 9.87. The van der Waals surface area contributed by atoms with Gasteiger partial charge in [0.15, 0.2) is 0 Å². The van der Waals surface area contributed by atoms with Gasteiger partial charge in [0.05, 0.1) is 11.7 Å². The second-order valence-corrected chi connectivity index (χ2v) is 4.19. The van der Waals surface area contributed by atoms with Crippen molar-refractivity contribution >= 4 is 11.8 Å². The molecule has 17 heavy (non-hydrogen) atoms. The van der Waals surface area contributed by atoms with Crippen molar-refractivity contribution in [1.29, 1.82) is 0 Å². The Labute approximate surface area is 98.7 Å². The topological polar surface area (TPSA) is 84.2 Å². The van der Waals surface area contributed by atoms with Crippen molar-refractivity contribution in [3.8, 4) is 0 Å². The number of aryl methyl sites for hydroxylation is 2. The van der Waals surface area contributed by atoms with E-state index in [1.807, 2.05) is 13.8 Å². The van der Waals surface area contributed by atoms with Crippen LogP contribution < -0.4 is 10.6 Å². The Kier molecular flexibility index (Phi) is 3.23. The summed E-state index contributed by atoms with van der Waals surface area (Å²) in [5, 5.41) is 9.26. The quantitative estimate of drug-likeness (QED) is 0.733. The van der Waals surface area contributed by atoms with Crippen molar-refractivity contribution in [3.63, 3.8) is 0 Å². The van der Waals surface area contributed by atoms with E-state index < -0.39 is 0 Å². The van der Waals surface area contributed by atoms with Crippen molar-refractivity contribution < 1.29 is 14.1 Å². The van der Waals surface area contributed by atoms with Crippen LogP contribution >= 0.6 is 0 Å². The first kappa shape index (κ1) is 11.8. The van der Waals surface area contributed by atoms with E-state index in [-0.39, 0.29) is 17.9 Å². The van der Waals surface area contributed by atoms with Crippen LogP contribution in [0.25, 0.3) is 0 Å². The molecule has 0 saturated carbocycles. The lowest BCUT2D eigenvalue weighted by Crippen LogP contribution is -2.50. The number of aromatic nitrogens is 1. The Morgan fingerprint density at radius 2 is 2.24 bits per heavy atom. The van der Waals surface area contributed by atoms with Crippen molar-refractivity contribution in [2.24, 2.45) is 0 Å². The molecule has 2 amide bonds. The minimum atomic E-state index is -0.318. The number of amides is 2. The average Bonchev–Trinajstić information content (AvgIpc) is 2.58. The van der Waals surface area contributed by atoms with Gasteiger partial charge in [-0.2, -0.15) is 0 Å². The maximum absolute atomic E-state index is 11.5. The highest BCUT2D eigenvalue weighted by atomic mass is 16.5. The van der Waals surface area contributed by atoms with Crippen molar-refractivity contribution in [2.45, 2.75) is 39.3 Å². The third kappa shape index (κ3) is 2.52. The summed E-state index contributed by atoms with van der Waals surface area (Å²) in [5.41, 5.74) is 1.79. The van der Waals surface area contributed by atoms with Crippen molar-refractivity contribution in [2.75, 3.05) is 0 Å². The summed E-state index contributed by atoms with van der Waals surface area (Å²) in [6.45, 7) is 4.22. The zero-order chi connectivity index (χ0) is 12.4. The maximum atomic E-state index is 11.5. The standard InChI is InChI=1S/C11H15N3O3/c1-6-8(7(2)17-14-6)5-12-9-3-4-10(15)13-11(9)16/h9,12H,3-5H2,1-2H3,(H,13,15,16). The van der Waals surface area contributed by atoms with E-state index >= 15 is 0 Å². The largest absolute Gasteiger partial charge is 0.361 e. The summed E-state index contributed by atoms with van der Waals surface area (Å²) in [5.74, 6) is 0.292. The summed E-state index contributed by atoms with van der Waals surface area (Å²) >= 11 is 0. The van der Waals surface area contributed by atoms with Crippen molar-refractivity contribution in [3.05, 3.63) is 17.0 Å². The van der Waals surface area contributed by atoms with Crippen molar-refractivity contribution in [1.82, 2.24) is 15.8 Å². The van der Waals surface area contributed by atoms with E-state index in [2.05, 4.69) is 15.8 Å². The van der Waals surface area contributed by atoms with Crippen LogP contribution in [-0.4, -0.2) is 23.0 Å². The smallest absolute Gasteiger partial charge is 0.243 e. The Morgan fingerprint density at radius 1 is 1.47 bits per heavy atom. The molecule has 1 atom stereocenters. The van der Waals surface area contributed by atoms with Crippen LogP contribution in [0.4, 0.5) is 0 Å². The number of hydrogen-bond acceptors (Lipinski definition) is 5. The molecule has 0 radical (unpaired) electrons. The Balaban J connectivity index is 1.95. The number of nitrogens with one attached hydrogen (secondary N) is 2. The molecule has 92 valence electrons. The first-order valence-corrected chi connectivity index (χ1v) is 5.56. The molecule has 2 heterocycles. The number of rotatable bonds is 3. The number of piperidine rings is 1. The predicted molar refractivity (Wildman–Crippen MR) is 59.0 cm³/mol. The molecule has 1 saturated heterocycles. The molecule has 6 nitrogen and oxygen atoms in total. The highest BCUT2D eigenvalue weighted by Crippen LogP contribution is 2.13. The third-order valence-corrected chi connectivity index (χ3v) is 2.95.